The summed E-state index contributed by atoms with van der Waals surface area (Å²) in [5, 5.41) is 0.501. The highest BCUT2D eigenvalue weighted by atomic mass is 35.5. The lowest BCUT2D eigenvalue weighted by Gasteiger charge is -2.14. The average molecular weight is 366 g/mol. The minimum atomic E-state index is 0.429. The van der Waals surface area contributed by atoms with Gasteiger partial charge in [-0.15, -0.1) is 0 Å². The topological polar surface area (TPSA) is 30.8 Å². The number of ether oxygens (including phenoxy) is 2. The van der Waals surface area contributed by atoms with Crippen LogP contribution in [0.5, 0.6) is 11.5 Å². The van der Waals surface area contributed by atoms with Gasteiger partial charge in [0.05, 0.1) is 17.3 Å². The van der Waals surface area contributed by atoms with Crippen LogP contribution in [0.15, 0.2) is 77.8 Å². The Kier molecular flexibility index (Phi) is 6.29. The third kappa shape index (κ3) is 4.87. The Hall–Kier alpha value is -2.78. The molecular formula is C22H20ClNO2. The molecule has 0 radical (unpaired) electrons. The first-order valence-electron chi connectivity index (χ1n) is 8.48. The summed E-state index contributed by atoms with van der Waals surface area (Å²) >= 11 is 6.45. The van der Waals surface area contributed by atoms with E-state index in [0.29, 0.717) is 29.7 Å². The standard InChI is InChI=1S/C22H20ClNO2/c1-2-25-21-14-18(15-24-19-11-7-4-8-12-19)13-20(23)22(21)26-16-17-9-5-3-6-10-17/h3-15H,2,16H2,1H3. The molecule has 0 saturated heterocycles. The molecule has 0 aromatic heterocycles. The first kappa shape index (κ1) is 18.0. The number of aliphatic imine (C=N–C) groups is 1. The maximum atomic E-state index is 6.45. The molecule has 26 heavy (non-hydrogen) atoms. The number of nitrogens with zero attached hydrogens (tertiary/aromatic N) is 1. The van der Waals surface area contributed by atoms with Crippen LogP contribution in [-0.4, -0.2) is 12.8 Å². The first-order valence-corrected chi connectivity index (χ1v) is 8.86. The van der Waals surface area contributed by atoms with Crippen LogP contribution in [0, 0.1) is 0 Å². The van der Waals surface area contributed by atoms with Gasteiger partial charge in [-0.3, -0.25) is 4.99 Å². The lowest BCUT2D eigenvalue weighted by Crippen LogP contribution is -2.01. The lowest BCUT2D eigenvalue weighted by atomic mass is 10.2. The largest absolute Gasteiger partial charge is 0.490 e. The quantitative estimate of drug-likeness (QED) is 0.476. The second-order valence-electron chi connectivity index (χ2n) is 5.63. The summed E-state index contributed by atoms with van der Waals surface area (Å²) in [6, 6.07) is 23.4. The Morgan fingerprint density at radius 2 is 1.62 bits per heavy atom. The van der Waals surface area contributed by atoms with Gasteiger partial charge in [0.15, 0.2) is 11.5 Å². The van der Waals surface area contributed by atoms with Crippen molar-refractivity contribution in [1.82, 2.24) is 0 Å². The second-order valence-corrected chi connectivity index (χ2v) is 6.04. The van der Waals surface area contributed by atoms with Crippen LogP contribution in [0.2, 0.25) is 5.02 Å². The highest BCUT2D eigenvalue weighted by Crippen LogP contribution is 2.37. The fraction of sp³-hybridized carbons (Fsp3) is 0.136. The van der Waals surface area contributed by atoms with Crippen molar-refractivity contribution in [3.05, 3.63) is 88.9 Å². The summed E-state index contributed by atoms with van der Waals surface area (Å²) in [7, 11) is 0. The zero-order valence-corrected chi connectivity index (χ0v) is 15.3. The zero-order valence-electron chi connectivity index (χ0n) is 14.6. The van der Waals surface area contributed by atoms with Crippen LogP contribution in [0.3, 0.4) is 0 Å². The minimum Gasteiger partial charge on any atom is -0.490 e. The first-order chi connectivity index (χ1) is 12.8. The van der Waals surface area contributed by atoms with Gasteiger partial charge in [-0.05, 0) is 42.3 Å². The molecule has 3 aromatic rings. The van der Waals surface area contributed by atoms with E-state index in [1.165, 1.54) is 0 Å². The summed E-state index contributed by atoms with van der Waals surface area (Å²) < 4.78 is 11.7. The highest BCUT2D eigenvalue weighted by molar-refractivity contribution is 6.32. The van der Waals surface area contributed by atoms with E-state index in [-0.39, 0.29) is 0 Å². The molecule has 3 aromatic carbocycles. The molecule has 0 amide bonds. The summed E-state index contributed by atoms with van der Waals surface area (Å²) in [4.78, 5) is 4.46. The Balaban J connectivity index is 1.82. The summed E-state index contributed by atoms with van der Waals surface area (Å²) in [5.41, 5.74) is 2.81. The van der Waals surface area contributed by atoms with Crippen molar-refractivity contribution in [1.29, 1.82) is 0 Å². The molecule has 0 atom stereocenters. The average Bonchev–Trinajstić information content (AvgIpc) is 2.67. The molecule has 3 nitrogen and oxygen atoms in total. The monoisotopic (exact) mass is 365 g/mol. The molecule has 0 aliphatic carbocycles. The van der Waals surface area contributed by atoms with E-state index >= 15 is 0 Å². The van der Waals surface area contributed by atoms with Crippen LogP contribution in [0.4, 0.5) is 5.69 Å². The molecule has 0 N–H and O–H groups in total. The van der Waals surface area contributed by atoms with E-state index in [1.807, 2.05) is 79.7 Å². The van der Waals surface area contributed by atoms with Crippen molar-refractivity contribution in [3.8, 4) is 11.5 Å². The van der Waals surface area contributed by atoms with Gasteiger partial charge >= 0.3 is 0 Å². The van der Waals surface area contributed by atoms with Gasteiger partial charge in [0.25, 0.3) is 0 Å². The smallest absolute Gasteiger partial charge is 0.180 e. The van der Waals surface area contributed by atoms with Crippen LogP contribution >= 0.6 is 11.6 Å². The van der Waals surface area contributed by atoms with E-state index in [1.54, 1.807) is 6.21 Å². The van der Waals surface area contributed by atoms with Crippen molar-refractivity contribution in [2.24, 2.45) is 4.99 Å². The number of hydrogen-bond donors (Lipinski definition) is 0. The Morgan fingerprint density at radius 1 is 0.923 bits per heavy atom. The van der Waals surface area contributed by atoms with E-state index in [0.717, 1.165) is 16.8 Å². The second kappa shape index (κ2) is 9.07. The predicted molar refractivity (Wildman–Crippen MR) is 107 cm³/mol. The van der Waals surface area contributed by atoms with E-state index in [9.17, 15) is 0 Å². The summed E-state index contributed by atoms with van der Waals surface area (Å²) in [6.45, 7) is 2.88. The van der Waals surface area contributed by atoms with Gasteiger partial charge in [-0.2, -0.15) is 0 Å². The van der Waals surface area contributed by atoms with Crippen LogP contribution in [0.25, 0.3) is 0 Å². The SMILES string of the molecule is CCOc1cc(C=Nc2ccccc2)cc(Cl)c1OCc1ccccc1. The number of hydrogen-bond acceptors (Lipinski definition) is 3. The van der Waals surface area contributed by atoms with Gasteiger partial charge in [0.2, 0.25) is 0 Å². The van der Waals surface area contributed by atoms with Crippen LogP contribution in [0.1, 0.15) is 18.1 Å². The lowest BCUT2D eigenvalue weighted by molar-refractivity contribution is 0.269. The Morgan fingerprint density at radius 3 is 2.31 bits per heavy atom. The van der Waals surface area contributed by atoms with Gasteiger partial charge in [-0.25, -0.2) is 0 Å². The maximum Gasteiger partial charge on any atom is 0.180 e. The Bertz CT molecular complexity index is 864. The van der Waals surface area contributed by atoms with E-state index in [4.69, 9.17) is 21.1 Å². The molecule has 0 bridgehead atoms. The van der Waals surface area contributed by atoms with E-state index in [2.05, 4.69) is 4.99 Å². The number of benzene rings is 3. The third-order valence-electron chi connectivity index (χ3n) is 3.68. The van der Waals surface area contributed by atoms with Crippen molar-refractivity contribution in [2.45, 2.75) is 13.5 Å². The normalized spacial score (nSPS) is 10.8. The number of rotatable bonds is 7. The van der Waals surface area contributed by atoms with Crippen molar-refractivity contribution in [3.63, 3.8) is 0 Å². The predicted octanol–water partition coefficient (Wildman–Crippen LogP) is 6.07. The summed E-state index contributed by atoms with van der Waals surface area (Å²) in [5.74, 6) is 1.17. The fourth-order valence-electron chi connectivity index (χ4n) is 2.46. The van der Waals surface area contributed by atoms with Crippen molar-refractivity contribution < 1.29 is 9.47 Å². The van der Waals surface area contributed by atoms with Gasteiger partial charge in [-0.1, -0.05) is 60.1 Å². The Labute approximate surface area is 158 Å². The van der Waals surface area contributed by atoms with Crippen LogP contribution in [-0.2, 0) is 6.61 Å². The number of para-hydroxylation sites is 1. The molecule has 0 saturated carbocycles. The summed E-state index contributed by atoms with van der Waals surface area (Å²) in [6.07, 6.45) is 1.77. The minimum absolute atomic E-state index is 0.429. The van der Waals surface area contributed by atoms with Crippen molar-refractivity contribution in [2.75, 3.05) is 6.61 Å². The molecule has 3 rings (SSSR count). The highest BCUT2D eigenvalue weighted by Gasteiger charge is 2.12. The molecule has 4 heteroatoms. The van der Waals surface area contributed by atoms with Crippen molar-refractivity contribution >= 4 is 23.5 Å². The molecule has 0 aliphatic rings. The molecule has 0 fully saturated rings. The van der Waals surface area contributed by atoms with Gasteiger partial charge < -0.3 is 9.47 Å². The van der Waals surface area contributed by atoms with Gasteiger partial charge in [0, 0.05) is 6.21 Å². The molecule has 132 valence electrons. The maximum absolute atomic E-state index is 6.45. The molecule has 0 unspecified atom stereocenters. The van der Waals surface area contributed by atoms with Crippen LogP contribution < -0.4 is 9.47 Å². The molecule has 0 heterocycles. The van der Waals surface area contributed by atoms with E-state index < -0.39 is 0 Å². The third-order valence-corrected chi connectivity index (χ3v) is 3.96. The van der Waals surface area contributed by atoms with Gasteiger partial charge in [0.1, 0.15) is 6.61 Å². The zero-order chi connectivity index (χ0) is 18.2. The number of halogens is 1. The molecule has 0 spiro atoms. The molecular weight excluding hydrogens is 346 g/mol. The fourth-order valence-corrected chi connectivity index (χ4v) is 2.73. The molecule has 0 aliphatic heterocycles.